The normalized spacial score (nSPS) is 12.0. The molecule has 0 radical (unpaired) electrons. The number of nitrogens with zero attached hydrogens (tertiary/aromatic N) is 1. The van der Waals surface area contributed by atoms with Gasteiger partial charge in [0.05, 0.1) is 0 Å². The molecule has 1 unspecified atom stereocenters. The van der Waals surface area contributed by atoms with Crippen LogP contribution in [-0.4, -0.2) is 37.6 Å². The lowest BCUT2D eigenvalue weighted by Gasteiger charge is -2.20. The molecule has 0 bridgehead atoms. The van der Waals surface area contributed by atoms with E-state index >= 15 is 0 Å². The van der Waals surface area contributed by atoms with Crippen LogP contribution in [0.3, 0.4) is 0 Å². The van der Waals surface area contributed by atoms with Gasteiger partial charge < -0.3 is 15.0 Å². The molecular formula is C14H22N2O2. The SMILES string of the molecule is CCNCc1ccccc1OC(C)C(=O)N(C)C. The molecule has 4 nitrogen and oxygen atoms in total. The number of nitrogens with one attached hydrogen (secondary N) is 1. The van der Waals surface area contributed by atoms with Crippen LogP contribution >= 0.6 is 0 Å². The van der Waals surface area contributed by atoms with Crippen LogP contribution in [0.1, 0.15) is 19.4 Å². The Morgan fingerprint density at radius 3 is 2.67 bits per heavy atom. The third-order valence-electron chi connectivity index (χ3n) is 2.63. The molecule has 1 rings (SSSR count). The Morgan fingerprint density at radius 2 is 2.06 bits per heavy atom. The quantitative estimate of drug-likeness (QED) is 0.834. The Labute approximate surface area is 109 Å². The molecule has 1 atom stereocenters. The van der Waals surface area contributed by atoms with Crippen LogP contribution in [0.2, 0.25) is 0 Å². The van der Waals surface area contributed by atoms with Crippen LogP contribution < -0.4 is 10.1 Å². The molecule has 0 aliphatic carbocycles. The van der Waals surface area contributed by atoms with Gasteiger partial charge in [-0.05, 0) is 19.5 Å². The second-order valence-corrected chi connectivity index (χ2v) is 4.38. The van der Waals surface area contributed by atoms with Crippen molar-refractivity contribution in [2.45, 2.75) is 26.5 Å². The number of ether oxygens (including phenoxy) is 1. The van der Waals surface area contributed by atoms with E-state index < -0.39 is 6.10 Å². The van der Waals surface area contributed by atoms with Crippen molar-refractivity contribution in [1.82, 2.24) is 10.2 Å². The van der Waals surface area contributed by atoms with Gasteiger partial charge in [0.15, 0.2) is 6.10 Å². The summed E-state index contributed by atoms with van der Waals surface area (Å²) in [6, 6.07) is 7.78. The highest BCUT2D eigenvalue weighted by Crippen LogP contribution is 2.19. The molecule has 0 saturated carbocycles. The van der Waals surface area contributed by atoms with Crippen molar-refractivity contribution in [2.75, 3.05) is 20.6 Å². The van der Waals surface area contributed by atoms with Crippen LogP contribution in [0.25, 0.3) is 0 Å². The first kappa shape index (κ1) is 14.5. The third kappa shape index (κ3) is 4.04. The highest BCUT2D eigenvalue weighted by molar-refractivity contribution is 5.80. The van der Waals surface area contributed by atoms with Crippen molar-refractivity contribution in [3.8, 4) is 5.75 Å². The van der Waals surface area contributed by atoms with Gasteiger partial charge in [-0.2, -0.15) is 0 Å². The second kappa shape index (κ2) is 7.01. The van der Waals surface area contributed by atoms with E-state index in [1.54, 1.807) is 21.0 Å². The van der Waals surface area contributed by atoms with Crippen molar-refractivity contribution < 1.29 is 9.53 Å². The molecule has 0 aliphatic heterocycles. The number of hydrogen-bond acceptors (Lipinski definition) is 3. The number of likely N-dealkylation sites (N-methyl/N-ethyl adjacent to an activating group) is 1. The Balaban J connectivity index is 2.74. The van der Waals surface area contributed by atoms with E-state index in [0.717, 1.165) is 24.4 Å². The maximum Gasteiger partial charge on any atom is 0.262 e. The summed E-state index contributed by atoms with van der Waals surface area (Å²) in [5.74, 6) is 0.731. The van der Waals surface area contributed by atoms with Gasteiger partial charge in [-0.25, -0.2) is 0 Å². The predicted molar refractivity (Wildman–Crippen MR) is 72.6 cm³/mol. The van der Waals surface area contributed by atoms with E-state index in [-0.39, 0.29) is 5.91 Å². The number of rotatable bonds is 6. The predicted octanol–water partition coefficient (Wildman–Crippen LogP) is 1.65. The van der Waals surface area contributed by atoms with Gasteiger partial charge in [-0.3, -0.25) is 4.79 Å². The number of amides is 1. The fraction of sp³-hybridized carbons (Fsp3) is 0.500. The Morgan fingerprint density at radius 1 is 1.39 bits per heavy atom. The average molecular weight is 250 g/mol. The minimum absolute atomic E-state index is 0.0340. The van der Waals surface area contributed by atoms with E-state index in [9.17, 15) is 4.79 Å². The highest BCUT2D eigenvalue weighted by Gasteiger charge is 2.17. The van der Waals surface area contributed by atoms with Gasteiger partial charge in [-0.15, -0.1) is 0 Å². The zero-order valence-corrected chi connectivity index (χ0v) is 11.6. The Bertz CT molecular complexity index is 391. The molecule has 1 N–H and O–H groups in total. The first-order valence-electron chi connectivity index (χ1n) is 6.22. The van der Waals surface area contributed by atoms with Crippen molar-refractivity contribution in [3.05, 3.63) is 29.8 Å². The van der Waals surface area contributed by atoms with Crippen molar-refractivity contribution in [3.63, 3.8) is 0 Å². The van der Waals surface area contributed by atoms with Gasteiger partial charge in [0, 0.05) is 26.2 Å². The van der Waals surface area contributed by atoms with E-state index in [1.807, 2.05) is 24.3 Å². The lowest BCUT2D eigenvalue weighted by molar-refractivity contribution is -0.135. The molecule has 1 amide bonds. The third-order valence-corrected chi connectivity index (χ3v) is 2.63. The molecule has 1 aromatic rings. The van der Waals surface area contributed by atoms with E-state index in [0.29, 0.717) is 0 Å². The summed E-state index contributed by atoms with van der Waals surface area (Å²) in [7, 11) is 3.46. The zero-order valence-electron chi connectivity index (χ0n) is 11.6. The monoisotopic (exact) mass is 250 g/mol. The lowest BCUT2D eigenvalue weighted by Crippen LogP contribution is -2.35. The summed E-state index contributed by atoms with van der Waals surface area (Å²) in [6.45, 7) is 5.48. The second-order valence-electron chi connectivity index (χ2n) is 4.38. The fourth-order valence-electron chi connectivity index (χ4n) is 1.63. The lowest BCUT2D eigenvalue weighted by atomic mass is 10.2. The Hall–Kier alpha value is -1.55. The molecule has 18 heavy (non-hydrogen) atoms. The number of para-hydroxylation sites is 1. The minimum atomic E-state index is -0.470. The molecule has 0 aliphatic rings. The topological polar surface area (TPSA) is 41.6 Å². The smallest absolute Gasteiger partial charge is 0.262 e. The molecule has 0 fully saturated rings. The van der Waals surface area contributed by atoms with Crippen molar-refractivity contribution >= 4 is 5.91 Å². The minimum Gasteiger partial charge on any atom is -0.481 e. The summed E-state index contributed by atoms with van der Waals surface area (Å²) in [5, 5.41) is 3.25. The van der Waals surface area contributed by atoms with Crippen LogP contribution in [0.4, 0.5) is 0 Å². The molecule has 0 aromatic heterocycles. The van der Waals surface area contributed by atoms with Gasteiger partial charge in [0.2, 0.25) is 0 Å². The average Bonchev–Trinajstić information content (AvgIpc) is 2.36. The number of carbonyl (C=O) groups is 1. The van der Waals surface area contributed by atoms with Crippen LogP contribution in [0.15, 0.2) is 24.3 Å². The zero-order chi connectivity index (χ0) is 13.5. The summed E-state index contributed by atoms with van der Waals surface area (Å²) < 4.78 is 5.73. The fourth-order valence-corrected chi connectivity index (χ4v) is 1.63. The van der Waals surface area contributed by atoms with Crippen molar-refractivity contribution in [1.29, 1.82) is 0 Å². The largest absolute Gasteiger partial charge is 0.481 e. The van der Waals surface area contributed by atoms with E-state index in [2.05, 4.69) is 12.2 Å². The van der Waals surface area contributed by atoms with E-state index in [4.69, 9.17) is 4.74 Å². The first-order valence-corrected chi connectivity index (χ1v) is 6.22. The van der Waals surface area contributed by atoms with Gasteiger partial charge in [-0.1, -0.05) is 25.1 Å². The molecule has 4 heteroatoms. The molecule has 0 spiro atoms. The van der Waals surface area contributed by atoms with Gasteiger partial charge in [0.25, 0.3) is 5.91 Å². The number of hydrogen-bond donors (Lipinski definition) is 1. The summed E-state index contributed by atoms with van der Waals surface area (Å²) in [5.41, 5.74) is 1.07. The van der Waals surface area contributed by atoms with Crippen LogP contribution in [-0.2, 0) is 11.3 Å². The van der Waals surface area contributed by atoms with Crippen molar-refractivity contribution in [2.24, 2.45) is 0 Å². The van der Waals surface area contributed by atoms with E-state index in [1.165, 1.54) is 4.90 Å². The first-order chi connectivity index (χ1) is 8.56. The Kier molecular flexibility index (Phi) is 5.65. The summed E-state index contributed by atoms with van der Waals surface area (Å²) >= 11 is 0. The maximum atomic E-state index is 11.8. The van der Waals surface area contributed by atoms with Gasteiger partial charge >= 0.3 is 0 Å². The van der Waals surface area contributed by atoms with Crippen LogP contribution in [0, 0.1) is 0 Å². The molecule has 100 valence electrons. The number of carbonyl (C=O) groups excluding carboxylic acids is 1. The molecule has 0 heterocycles. The molecular weight excluding hydrogens is 228 g/mol. The summed E-state index contributed by atoms with van der Waals surface area (Å²) in [4.78, 5) is 13.3. The molecule has 1 aromatic carbocycles. The maximum absolute atomic E-state index is 11.8. The van der Waals surface area contributed by atoms with Gasteiger partial charge in [0.1, 0.15) is 5.75 Å². The summed E-state index contributed by atoms with van der Waals surface area (Å²) in [6.07, 6.45) is -0.470. The number of benzene rings is 1. The molecule has 0 saturated heterocycles. The standard InChI is InChI=1S/C14H22N2O2/c1-5-15-10-12-8-6-7-9-13(12)18-11(2)14(17)16(3)4/h6-9,11,15H,5,10H2,1-4H3. The van der Waals surface area contributed by atoms with Crippen LogP contribution in [0.5, 0.6) is 5.75 Å². The highest BCUT2D eigenvalue weighted by atomic mass is 16.5.